The van der Waals surface area contributed by atoms with Crippen LogP contribution in [0.25, 0.3) is 0 Å². The van der Waals surface area contributed by atoms with Crippen molar-refractivity contribution in [2.45, 2.75) is 57.4 Å². The summed E-state index contributed by atoms with van der Waals surface area (Å²) in [6, 6.07) is 1.75. The van der Waals surface area contributed by atoms with E-state index in [0.717, 1.165) is 12.2 Å². The van der Waals surface area contributed by atoms with Gasteiger partial charge in [-0.25, -0.2) is 4.98 Å². The van der Waals surface area contributed by atoms with E-state index in [1.165, 1.54) is 44.9 Å². The van der Waals surface area contributed by atoms with Gasteiger partial charge < -0.3 is 0 Å². The third-order valence-electron chi connectivity index (χ3n) is 4.08. The number of hydrogen-bond acceptors (Lipinski definition) is 2. The molecule has 0 spiro atoms. The van der Waals surface area contributed by atoms with Gasteiger partial charge >= 0.3 is 0 Å². The molecule has 0 amide bonds. The normalized spacial score (nSPS) is 21.6. The van der Waals surface area contributed by atoms with Gasteiger partial charge in [0.1, 0.15) is 0 Å². The van der Waals surface area contributed by atoms with Crippen molar-refractivity contribution in [3.63, 3.8) is 0 Å². The van der Waals surface area contributed by atoms with E-state index in [9.17, 15) is 4.79 Å². The Kier molecular flexibility index (Phi) is 3.00. The van der Waals surface area contributed by atoms with Gasteiger partial charge in [-0.3, -0.25) is 9.36 Å². The average molecular weight is 232 g/mol. The van der Waals surface area contributed by atoms with E-state index in [4.69, 9.17) is 0 Å². The molecule has 0 aliphatic heterocycles. The second-order valence-corrected chi connectivity index (χ2v) is 5.58. The number of hydrogen-bond donors (Lipinski definition) is 0. The highest BCUT2D eigenvalue weighted by molar-refractivity contribution is 5.12. The van der Waals surface area contributed by atoms with Gasteiger partial charge in [0.25, 0.3) is 5.56 Å². The number of nitrogens with zero attached hydrogens (tertiary/aromatic N) is 2. The first-order valence-corrected chi connectivity index (χ1v) is 6.89. The Morgan fingerprint density at radius 1 is 1.18 bits per heavy atom. The molecule has 0 bridgehead atoms. The first-order chi connectivity index (χ1) is 8.33. The SMILES string of the molecule is O=c1cc(C2CC2)ncn1CC1CCCCC1. The molecule has 17 heavy (non-hydrogen) atoms. The summed E-state index contributed by atoms with van der Waals surface area (Å²) in [4.78, 5) is 16.4. The highest BCUT2D eigenvalue weighted by atomic mass is 16.1. The van der Waals surface area contributed by atoms with Gasteiger partial charge in [-0.05, 0) is 31.6 Å². The van der Waals surface area contributed by atoms with Crippen molar-refractivity contribution in [1.82, 2.24) is 9.55 Å². The van der Waals surface area contributed by atoms with Crippen LogP contribution in [0.2, 0.25) is 0 Å². The van der Waals surface area contributed by atoms with E-state index in [1.54, 1.807) is 12.4 Å². The Bertz CT molecular complexity index is 442. The molecule has 0 unspecified atom stereocenters. The fourth-order valence-corrected chi connectivity index (χ4v) is 2.83. The zero-order valence-electron chi connectivity index (χ0n) is 10.3. The average Bonchev–Trinajstić information content (AvgIpc) is 3.17. The first-order valence-electron chi connectivity index (χ1n) is 6.89. The molecule has 92 valence electrons. The van der Waals surface area contributed by atoms with E-state index >= 15 is 0 Å². The zero-order valence-corrected chi connectivity index (χ0v) is 10.3. The predicted octanol–water partition coefficient (Wildman–Crippen LogP) is 2.70. The highest BCUT2D eigenvalue weighted by Gasteiger charge is 2.25. The molecule has 3 heteroatoms. The van der Waals surface area contributed by atoms with E-state index in [2.05, 4.69) is 4.98 Å². The van der Waals surface area contributed by atoms with Crippen molar-refractivity contribution in [3.05, 3.63) is 28.4 Å². The molecule has 0 saturated heterocycles. The topological polar surface area (TPSA) is 34.9 Å². The van der Waals surface area contributed by atoms with E-state index < -0.39 is 0 Å². The van der Waals surface area contributed by atoms with Crippen LogP contribution in [0.15, 0.2) is 17.2 Å². The summed E-state index contributed by atoms with van der Waals surface area (Å²) in [5, 5.41) is 0. The molecule has 1 aromatic rings. The van der Waals surface area contributed by atoms with E-state index in [0.29, 0.717) is 11.8 Å². The summed E-state index contributed by atoms with van der Waals surface area (Å²) in [6.45, 7) is 0.872. The Labute approximate surface area is 102 Å². The van der Waals surface area contributed by atoms with Gasteiger partial charge in [-0.15, -0.1) is 0 Å². The number of aromatic nitrogens is 2. The molecule has 1 aromatic heterocycles. The summed E-state index contributed by atoms with van der Waals surface area (Å²) < 4.78 is 1.81. The minimum Gasteiger partial charge on any atom is -0.299 e. The zero-order chi connectivity index (χ0) is 11.7. The molecule has 3 rings (SSSR count). The minimum absolute atomic E-state index is 0.146. The van der Waals surface area contributed by atoms with Crippen LogP contribution in [0.4, 0.5) is 0 Å². The second kappa shape index (κ2) is 4.63. The lowest BCUT2D eigenvalue weighted by atomic mass is 9.89. The van der Waals surface area contributed by atoms with Crippen LogP contribution in [-0.4, -0.2) is 9.55 Å². The lowest BCUT2D eigenvalue weighted by Crippen LogP contribution is -2.25. The van der Waals surface area contributed by atoms with E-state index in [1.807, 2.05) is 4.57 Å². The maximum Gasteiger partial charge on any atom is 0.253 e. The van der Waals surface area contributed by atoms with Crippen molar-refractivity contribution in [2.75, 3.05) is 0 Å². The largest absolute Gasteiger partial charge is 0.299 e. The van der Waals surface area contributed by atoms with Gasteiger partial charge in [-0.1, -0.05) is 19.3 Å². The van der Waals surface area contributed by atoms with Crippen molar-refractivity contribution in [2.24, 2.45) is 5.92 Å². The van der Waals surface area contributed by atoms with Crippen LogP contribution < -0.4 is 5.56 Å². The van der Waals surface area contributed by atoms with Crippen molar-refractivity contribution in [3.8, 4) is 0 Å². The maximum absolute atomic E-state index is 12.0. The Morgan fingerprint density at radius 2 is 1.94 bits per heavy atom. The molecule has 2 saturated carbocycles. The summed E-state index contributed by atoms with van der Waals surface area (Å²) in [7, 11) is 0. The van der Waals surface area contributed by atoms with Crippen LogP contribution in [0.1, 0.15) is 56.6 Å². The third kappa shape index (κ3) is 2.59. The number of rotatable bonds is 3. The lowest BCUT2D eigenvalue weighted by molar-refractivity contribution is 0.314. The van der Waals surface area contributed by atoms with Gasteiger partial charge in [0.05, 0.1) is 12.0 Å². The minimum atomic E-state index is 0.146. The maximum atomic E-state index is 12.0. The van der Waals surface area contributed by atoms with Crippen LogP contribution in [0.3, 0.4) is 0 Å². The quantitative estimate of drug-likeness (QED) is 0.803. The monoisotopic (exact) mass is 232 g/mol. The molecule has 0 aromatic carbocycles. The third-order valence-corrected chi connectivity index (χ3v) is 4.08. The fraction of sp³-hybridized carbons (Fsp3) is 0.714. The fourth-order valence-electron chi connectivity index (χ4n) is 2.83. The lowest BCUT2D eigenvalue weighted by Gasteiger charge is -2.22. The van der Waals surface area contributed by atoms with Crippen molar-refractivity contribution >= 4 is 0 Å². The van der Waals surface area contributed by atoms with Crippen molar-refractivity contribution in [1.29, 1.82) is 0 Å². The summed E-state index contributed by atoms with van der Waals surface area (Å²) in [6.07, 6.45) is 10.8. The van der Waals surface area contributed by atoms with Crippen LogP contribution in [0.5, 0.6) is 0 Å². The van der Waals surface area contributed by atoms with Gasteiger partial charge in [0.15, 0.2) is 0 Å². The molecule has 2 aliphatic carbocycles. The second-order valence-electron chi connectivity index (χ2n) is 5.58. The summed E-state index contributed by atoms with van der Waals surface area (Å²) in [5.74, 6) is 1.27. The van der Waals surface area contributed by atoms with Gasteiger partial charge in [-0.2, -0.15) is 0 Å². The molecular weight excluding hydrogens is 212 g/mol. The molecule has 0 atom stereocenters. The standard InChI is InChI=1S/C14H20N2O/c17-14-8-13(12-6-7-12)15-10-16(14)9-11-4-2-1-3-5-11/h8,10-12H,1-7,9H2. The predicted molar refractivity (Wildman–Crippen MR) is 67.0 cm³/mol. The Hall–Kier alpha value is -1.12. The van der Waals surface area contributed by atoms with Crippen LogP contribution >= 0.6 is 0 Å². The van der Waals surface area contributed by atoms with Crippen LogP contribution in [-0.2, 0) is 6.54 Å². The molecule has 3 nitrogen and oxygen atoms in total. The first kappa shape index (κ1) is 11.0. The Morgan fingerprint density at radius 3 is 2.59 bits per heavy atom. The molecule has 2 fully saturated rings. The Balaban J connectivity index is 1.71. The van der Waals surface area contributed by atoms with Gasteiger partial charge in [0.2, 0.25) is 0 Å². The summed E-state index contributed by atoms with van der Waals surface area (Å²) in [5.41, 5.74) is 1.15. The van der Waals surface area contributed by atoms with E-state index in [-0.39, 0.29) is 5.56 Å². The molecule has 2 aliphatic rings. The molecular formula is C14H20N2O. The molecule has 1 heterocycles. The molecule has 0 radical (unpaired) electrons. The molecule has 0 N–H and O–H groups in total. The van der Waals surface area contributed by atoms with Crippen LogP contribution in [0, 0.1) is 5.92 Å². The highest BCUT2D eigenvalue weighted by Crippen LogP contribution is 2.38. The van der Waals surface area contributed by atoms with Gasteiger partial charge in [0, 0.05) is 18.5 Å². The summed E-state index contributed by atoms with van der Waals surface area (Å²) >= 11 is 0. The smallest absolute Gasteiger partial charge is 0.253 e. The van der Waals surface area contributed by atoms with Crippen molar-refractivity contribution < 1.29 is 0 Å².